The Kier molecular flexibility index (Phi) is 4.12. The van der Waals surface area contributed by atoms with Crippen molar-refractivity contribution in [3.8, 4) is 11.5 Å². The third-order valence-corrected chi connectivity index (χ3v) is 4.08. The summed E-state index contributed by atoms with van der Waals surface area (Å²) in [5.41, 5.74) is 1.73. The van der Waals surface area contributed by atoms with Crippen molar-refractivity contribution in [2.24, 2.45) is 0 Å². The van der Waals surface area contributed by atoms with E-state index in [1.807, 2.05) is 12.1 Å². The number of hydrogen-bond donors (Lipinski definition) is 2. The van der Waals surface area contributed by atoms with Gasteiger partial charge in [-0.25, -0.2) is 4.79 Å². The number of methoxy groups -OCH3 is 2. The van der Waals surface area contributed by atoms with Gasteiger partial charge in [-0.3, -0.25) is 4.79 Å². The number of benzene rings is 2. The second-order valence-corrected chi connectivity index (χ2v) is 5.49. The molecular formula is C18H17NO5. The molecule has 0 amide bonds. The maximum Gasteiger partial charge on any atom is 0.336 e. The van der Waals surface area contributed by atoms with Crippen LogP contribution in [0.25, 0.3) is 0 Å². The lowest BCUT2D eigenvalue weighted by molar-refractivity contribution is 0.0692. The van der Waals surface area contributed by atoms with Gasteiger partial charge in [0.05, 0.1) is 31.4 Å². The van der Waals surface area contributed by atoms with Crippen molar-refractivity contribution in [3.05, 3.63) is 53.1 Å². The highest BCUT2D eigenvalue weighted by atomic mass is 16.5. The number of aromatic carboxylic acids is 1. The molecule has 0 radical (unpaired) electrons. The van der Waals surface area contributed by atoms with Gasteiger partial charge in [0.2, 0.25) is 0 Å². The van der Waals surface area contributed by atoms with Crippen LogP contribution >= 0.6 is 0 Å². The summed E-state index contributed by atoms with van der Waals surface area (Å²) in [6.07, 6.45) is 0.424. The summed E-state index contributed by atoms with van der Waals surface area (Å²) in [5, 5.41) is 12.4. The predicted molar refractivity (Wildman–Crippen MR) is 88.4 cm³/mol. The molecule has 3 rings (SSSR count). The molecule has 0 saturated heterocycles. The SMILES string of the molecule is COc1ccc(CC2Nc3cccc(C(=O)O)c3C2=O)cc1OC. The van der Waals surface area contributed by atoms with Crippen molar-refractivity contribution in [1.82, 2.24) is 0 Å². The molecule has 1 unspecified atom stereocenters. The summed E-state index contributed by atoms with van der Waals surface area (Å²) in [6, 6.07) is 9.74. The van der Waals surface area contributed by atoms with E-state index in [1.54, 1.807) is 32.4 Å². The zero-order valence-electron chi connectivity index (χ0n) is 13.3. The molecule has 0 spiro atoms. The van der Waals surface area contributed by atoms with Crippen LogP contribution in [0.15, 0.2) is 36.4 Å². The molecule has 0 bridgehead atoms. The second kappa shape index (κ2) is 6.23. The van der Waals surface area contributed by atoms with E-state index in [9.17, 15) is 14.7 Å². The Morgan fingerprint density at radius 2 is 1.92 bits per heavy atom. The van der Waals surface area contributed by atoms with Crippen molar-refractivity contribution in [2.75, 3.05) is 19.5 Å². The van der Waals surface area contributed by atoms with Crippen LogP contribution in [0.4, 0.5) is 5.69 Å². The zero-order chi connectivity index (χ0) is 17.3. The molecule has 2 N–H and O–H groups in total. The van der Waals surface area contributed by atoms with Gasteiger partial charge >= 0.3 is 5.97 Å². The molecule has 24 heavy (non-hydrogen) atoms. The molecule has 1 heterocycles. The van der Waals surface area contributed by atoms with Gasteiger partial charge in [0.25, 0.3) is 0 Å². The fraction of sp³-hybridized carbons (Fsp3) is 0.222. The maximum absolute atomic E-state index is 12.6. The predicted octanol–water partition coefficient (Wildman–Crippen LogP) is 2.62. The molecule has 1 aliphatic rings. The standard InChI is InChI=1S/C18H17NO5/c1-23-14-7-6-10(9-15(14)24-2)8-13-17(20)16-11(18(21)22)4-3-5-12(16)19-13/h3-7,9,13,19H,8H2,1-2H3,(H,21,22). The third-order valence-electron chi connectivity index (χ3n) is 4.08. The minimum atomic E-state index is -1.10. The Labute approximate surface area is 139 Å². The highest BCUT2D eigenvalue weighted by Gasteiger charge is 2.33. The quantitative estimate of drug-likeness (QED) is 0.878. The van der Waals surface area contributed by atoms with Crippen LogP contribution in [0.2, 0.25) is 0 Å². The van der Waals surface area contributed by atoms with Crippen molar-refractivity contribution in [3.63, 3.8) is 0 Å². The zero-order valence-corrected chi connectivity index (χ0v) is 13.3. The lowest BCUT2D eigenvalue weighted by Gasteiger charge is -2.13. The lowest BCUT2D eigenvalue weighted by Crippen LogP contribution is -2.25. The van der Waals surface area contributed by atoms with Crippen molar-refractivity contribution in [2.45, 2.75) is 12.5 Å². The Bertz CT molecular complexity index is 815. The largest absolute Gasteiger partial charge is 0.493 e. The average Bonchev–Trinajstić information content (AvgIpc) is 2.90. The van der Waals surface area contributed by atoms with Crippen LogP contribution in [-0.4, -0.2) is 37.1 Å². The van der Waals surface area contributed by atoms with E-state index < -0.39 is 12.0 Å². The first-order chi connectivity index (χ1) is 11.5. The monoisotopic (exact) mass is 327 g/mol. The van der Waals surface area contributed by atoms with E-state index in [0.717, 1.165) is 5.56 Å². The third kappa shape index (κ3) is 2.67. The Balaban J connectivity index is 1.87. The maximum atomic E-state index is 12.6. The molecule has 0 aromatic heterocycles. The molecule has 2 aromatic carbocycles. The van der Waals surface area contributed by atoms with E-state index in [1.165, 1.54) is 6.07 Å². The normalized spacial score (nSPS) is 15.6. The molecule has 124 valence electrons. The van der Waals surface area contributed by atoms with E-state index in [0.29, 0.717) is 23.6 Å². The van der Waals surface area contributed by atoms with Gasteiger partial charge in [-0.15, -0.1) is 0 Å². The molecule has 6 nitrogen and oxygen atoms in total. The van der Waals surface area contributed by atoms with Gasteiger partial charge in [-0.1, -0.05) is 12.1 Å². The highest BCUT2D eigenvalue weighted by Crippen LogP contribution is 2.32. The van der Waals surface area contributed by atoms with Crippen LogP contribution in [0.5, 0.6) is 11.5 Å². The number of hydrogen-bond acceptors (Lipinski definition) is 5. The Morgan fingerprint density at radius 1 is 1.17 bits per heavy atom. The Morgan fingerprint density at radius 3 is 2.58 bits per heavy atom. The number of ether oxygens (including phenoxy) is 2. The fourth-order valence-electron chi connectivity index (χ4n) is 2.93. The van der Waals surface area contributed by atoms with Crippen molar-refractivity contribution < 1.29 is 24.2 Å². The molecular weight excluding hydrogens is 310 g/mol. The minimum absolute atomic E-state index is 0.0276. The molecule has 0 aliphatic carbocycles. The molecule has 0 fully saturated rings. The number of carboxylic acids is 1. The van der Waals surface area contributed by atoms with Crippen LogP contribution in [0, 0.1) is 0 Å². The number of fused-ring (bicyclic) bond motifs is 1. The number of nitrogens with one attached hydrogen (secondary N) is 1. The number of ketones is 1. The average molecular weight is 327 g/mol. The van der Waals surface area contributed by atoms with Gasteiger partial charge in [0.15, 0.2) is 17.3 Å². The van der Waals surface area contributed by atoms with Crippen LogP contribution in [-0.2, 0) is 6.42 Å². The molecule has 1 aliphatic heterocycles. The summed E-state index contributed by atoms with van der Waals surface area (Å²) in [5.74, 6) is -0.112. The summed E-state index contributed by atoms with van der Waals surface area (Å²) >= 11 is 0. The van der Waals surface area contributed by atoms with E-state index in [-0.39, 0.29) is 16.9 Å². The van der Waals surface area contributed by atoms with Crippen LogP contribution in [0.1, 0.15) is 26.3 Å². The number of anilines is 1. The molecule has 0 saturated carbocycles. The van der Waals surface area contributed by atoms with Gasteiger partial charge in [0.1, 0.15) is 0 Å². The number of carboxylic acid groups (broad SMARTS) is 1. The van der Waals surface area contributed by atoms with Crippen LogP contribution < -0.4 is 14.8 Å². The lowest BCUT2D eigenvalue weighted by atomic mass is 9.98. The first-order valence-corrected chi connectivity index (χ1v) is 7.43. The van der Waals surface area contributed by atoms with Gasteiger partial charge in [0, 0.05) is 12.1 Å². The van der Waals surface area contributed by atoms with Gasteiger partial charge in [-0.05, 0) is 29.8 Å². The number of carbonyl (C=O) groups is 2. The minimum Gasteiger partial charge on any atom is -0.493 e. The molecule has 2 aromatic rings. The number of carbonyl (C=O) groups excluding carboxylic acids is 1. The fourth-order valence-corrected chi connectivity index (χ4v) is 2.93. The first-order valence-electron chi connectivity index (χ1n) is 7.43. The summed E-state index contributed by atoms with van der Waals surface area (Å²) in [6.45, 7) is 0. The van der Waals surface area contributed by atoms with E-state index >= 15 is 0 Å². The summed E-state index contributed by atoms with van der Waals surface area (Å²) in [4.78, 5) is 23.9. The number of Topliss-reactive ketones (excluding diaryl/α,β-unsaturated/α-hetero) is 1. The van der Waals surface area contributed by atoms with Crippen molar-refractivity contribution in [1.29, 1.82) is 0 Å². The molecule has 6 heteroatoms. The van der Waals surface area contributed by atoms with Crippen LogP contribution in [0.3, 0.4) is 0 Å². The summed E-state index contributed by atoms with van der Waals surface area (Å²) in [7, 11) is 3.11. The van der Waals surface area contributed by atoms with E-state index in [4.69, 9.17) is 9.47 Å². The first kappa shape index (κ1) is 15.9. The second-order valence-electron chi connectivity index (χ2n) is 5.49. The number of rotatable bonds is 5. The topological polar surface area (TPSA) is 84.9 Å². The Hall–Kier alpha value is -3.02. The molecule has 1 atom stereocenters. The van der Waals surface area contributed by atoms with Crippen molar-refractivity contribution >= 4 is 17.4 Å². The van der Waals surface area contributed by atoms with E-state index in [2.05, 4.69) is 5.32 Å². The highest BCUT2D eigenvalue weighted by molar-refractivity contribution is 6.16. The van der Waals surface area contributed by atoms with Gasteiger partial charge < -0.3 is 19.9 Å². The van der Waals surface area contributed by atoms with Gasteiger partial charge in [-0.2, -0.15) is 0 Å². The summed E-state index contributed by atoms with van der Waals surface area (Å²) < 4.78 is 10.5. The smallest absolute Gasteiger partial charge is 0.336 e.